The Labute approximate surface area is 155 Å². The fourth-order valence-corrected chi connectivity index (χ4v) is 2.60. The normalized spacial score (nSPS) is 11.1. The molecule has 0 heterocycles. The summed E-state index contributed by atoms with van der Waals surface area (Å²) < 4.78 is 11.9. The van der Waals surface area contributed by atoms with Crippen molar-refractivity contribution < 1.29 is 14.3 Å². The topological polar surface area (TPSA) is 35.5 Å². The van der Waals surface area contributed by atoms with E-state index in [1.165, 1.54) is 6.08 Å². The molecule has 24 heavy (non-hydrogen) atoms. The minimum absolute atomic E-state index is 0.0169. The quantitative estimate of drug-likeness (QED) is 0.447. The summed E-state index contributed by atoms with van der Waals surface area (Å²) in [5.41, 5.74) is 1.38. The second kappa shape index (κ2) is 8.36. The lowest BCUT2D eigenvalue weighted by atomic mass is 10.1. The van der Waals surface area contributed by atoms with Crippen molar-refractivity contribution in [2.75, 3.05) is 7.11 Å². The van der Waals surface area contributed by atoms with Gasteiger partial charge < -0.3 is 9.47 Å². The van der Waals surface area contributed by atoms with E-state index in [1.54, 1.807) is 37.5 Å². The molecular weight excluding hydrogens is 392 g/mol. The first-order valence-corrected chi connectivity index (χ1v) is 8.60. The number of rotatable bonds is 6. The first-order chi connectivity index (χ1) is 11.4. The number of carbonyl (C=O) groups excluding carboxylic acids is 1. The van der Waals surface area contributed by atoms with Crippen LogP contribution in [0.25, 0.3) is 6.08 Å². The lowest BCUT2D eigenvalue weighted by Gasteiger charge is -2.15. The molecular formula is C19H18BrClO3. The molecule has 5 heteroatoms. The average molecular weight is 410 g/mol. The van der Waals surface area contributed by atoms with E-state index in [1.807, 2.05) is 26.0 Å². The van der Waals surface area contributed by atoms with Gasteiger partial charge in [-0.3, -0.25) is 4.79 Å². The van der Waals surface area contributed by atoms with Gasteiger partial charge in [0.05, 0.1) is 18.2 Å². The molecule has 0 unspecified atom stereocenters. The molecule has 0 saturated carbocycles. The summed E-state index contributed by atoms with van der Waals surface area (Å²) in [7, 11) is 1.55. The van der Waals surface area contributed by atoms with Gasteiger partial charge in [0.25, 0.3) is 0 Å². The number of carbonyl (C=O) groups is 1. The highest BCUT2D eigenvalue weighted by molar-refractivity contribution is 9.10. The van der Waals surface area contributed by atoms with Crippen LogP contribution in [-0.4, -0.2) is 19.0 Å². The van der Waals surface area contributed by atoms with Gasteiger partial charge >= 0.3 is 0 Å². The van der Waals surface area contributed by atoms with Gasteiger partial charge in [0.15, 0.2) is 17.3 Å². The van der Waals surface area contributed by atoms with Crippen LogP contribution in [-0.2, 0) is 0 Å². The Morgan fingerprint density at radius 3 is 2.46 bits per heavy atom. The summed E-state index contributed by atoms with van der Waals surface area (Å²) >= 11 is 9.63. The van der Waals surface area contributed by atoms with Crippen molar-refractivity contribution in [3.63, 3.8) is 0 Å². The Balaban J connectivity index is 2.24. The lowest BCUT2D eigenvalue weighted by molar-refractivity contribution is 0.104. The number of ketones is 1. The monoisotopic (exact) mass is 408 g/mol. The largest absolute Gasteiger partial charge is 0.493 e. The molecule has 2 rings (SSSR count). The van der Waals surface area contributed by atoms with Crippen LogP contribution in [0, 0.1) is 0 Å². The van der Waals surface area contributed by atoms with Gasteiger partial charge in [0, 0.05) is 10.0 Å². The summed E-state index contributed by atoms with van der Waals surface area (Å²) in [6.07, 6.45) is 3.20. The highest BCUT2D eigenvalue weighted by Crippen LogP contribution is 2.37. The third kappa shape index (κ3) is 4.86. The highest BCUT2D eigenvalue weighted by atomic mass is 79.9. The second-order valence-corrected chi connectivity index (χ2v) is 6.73. The van der Waals surface area contributed by atoms with Crippen molar-refractivity contribution in [2.45, 2.75) is 20.0 Å². The van der Waals surface area contributed by atoms with Gasteiger partial charge in [0.1, 0.15) is 0 Å². The Bertz CT molecular complexity index is 752. The highest BCUT2D eigenvalue weighted by Gasteiger charge is 2.13. The zero-order valence-electron chi connectivity index (χ0n) is 13.7. The number of benzene rings is 2. The van der Waals surface area contributed by atoms with E-state index in [0.29, 0.717) is 22.1 Å². The van der Waals surface area contributed by atoms with Crippen LogP contribution in [0.3, 0.4) is 0 Å². The molecule has 2 aromatic carbocycles. The van der Waals surface area contributed by atoms with E-state index in [-0.39, 0.29) is 11.9 Å². The van der Waals surface area contributed by atoms with Crippen molar-refractivity contribution in [3.05, 3.63) is 63.1 Å². The van der Waals surface area contributed by atoms with Crippen LogP contribution in [0.15, 0.2) is 46.9 Å². The molecule has 0 fully saturated rings. The summed E-state index contributed by atoms with van der Waals surface area (Å²) in [5, 5.41) is 0.443. The van der Waals surface area contributed by atoms with E-state index in [0.717, 1.165) is 10.0 Å². The van der Waals surface area contributed by atoms with Crippen LogP contribution in [0.5, 0.6) is 11.5 Å². The molecule has 0 saturated heterocycles. The predicted molar refractivity (Wildman–Crippen MR) is 101 cm³/mol. The van der Waals surface area contributed by atoms with Crippen LogP contribution in [0.2, 0.25) is 5.02 Å². The first-order valence-electron chi connectivity index (χ1n) is 7.43. The maximum Gasteiger partial charge on any atom is 0.185 e. The summed E-state index contributed by atoms with van der Waals surface area (Å²) in [4.78, 5) is 12.2. The Morgan fingerprint density at radius 1 is 1.21 bits per heavy atom. The molecule has 3 nitrogen and oxygen atoms in total. The maximum absolute atomic E-state index is 12.2. The summed E-state index contributed by atoms with van der Waals surface area (Å²) in [6.45, 7) is 3.83. The lowest BCUT2D eigenvalue weighted by Crippen LogP contribution is -2.07. The van der Waals surface area contributed by atoms with Crippen LogP contribution < -0.4 is 9.47 Å². The second-order valence-electron chi connectivity index (χ2n) is 5.41. The Hall–Kier alpha value is -1.78. The fourth-order valence-electron chi connectivity index (χ4n) is 2.07. The standard InChI is InChI=1S/C19H18BrClO3/c1-12(2)24-19-16(21)10-13(11-18(19)23-3)4-9-17(22)14-5-7-15(20)8-6-14/h4-12H,1-3H3/b9-4+. The smallest absolute Gasteiger partial charge is 0.185 e. The van der Waals surface area contributed by atoms with Gasteiger partial charge in [-0.2, -0.15) is 0 Å². The molecule has 0 atom stereocenters. The van der Waals surface area contributed by atoms with Gasteiger partial charge in [-0.25, -0.2) is 0 Å². The Kier molecular flexibility index (Phi) is 6.46. The van der Waals surface area contributed by atoms with Crippen molar-refractivity contribution in [3.8, 4) is 11.5 Å². The number of allylic oxidation sites excluding steroid dienone is 1. The zero-order chi connectivity index (χ0) is 17.7. The van der Waals surface area contributed by atoms with Gasteiger partial charge in [-0.05, 0) is 61.9 Å². The van der Waals surface area contributed by atoms with E-state index in [2.05, 4.69) is 15.9 Å². The van der Waals surface area contributed by atoms with Crippen LogP contribution in [0.4, 0.5) is 0 Å². The van der Waals surface area contributed by atoms with E-state index in [9.17, 15) is 4.79 Å². The molecule has 0 spiro atoms. The van der Waals surface area contributed by atoms with Crippen molar-refractivity contribution in [1.29, 1.82) is 0 Å². The minimum Gasteiger partial charge on any atom is -0.493 e. The van der Waals surface area contributed by atoms with Crippen molar-refractivity contribution in [2.24, 2.45) is 0 Å². The SMILES string of the molecule is COc1cc(/C=C/C(=O)c2ccc(Br)cc2)cc(Cl)c1OC(C)C. The van der Waals surface area contributed by atoms with Crippen molar-refractivity contribution in [1.82, 2.24) is 0 Å². The van der Waals surface area contributed by atoms with Gasteiger partial charge in [0.2, 0.25) is 0 Å². The molecule has 0 radical (unpaired) electrons. The average Bonchev–Trinajstić information content (AvgIpc) is 2.55. The molecule has 0 bridgehead atoms. The first kappa shape index (κ1) is 18.6. The number of ether oxygens (including phenoxy) is 2. The molecule has 0 aliphatic heterocycles. The van der Waals surface area contributed by atoms with Gasteiger partial charge in [-0.15, -0.1) is 0 Å². The van der Waals surface area contributed by atoms with E-state index in [4.69, 9.17) is 21.1 Å². The molecule has 2 aromatic rings. The minimum atomic E-state index is -0.0832. The Morgan fingerprint density at radius 2 is 1.88 bits per heavy atom. The number of hydrogen-bond acceptors (Lipinski definition) is 3. The van der Waals surface area contributed by atoms with Crippen LogP contribution in [0.1, 0.15) is 29.8 Å². The number of halogens is 2. The summed E-state index contributed by atoms with van der Waals surface area (Å²) in [5.74, 6) is 0.956. The molecule has 0 aliphatic rings. The van der Waals surface area contributed by atoms with Crippen molar-refractivity contribution >= 4 is 39.4 Å². The molecule has 0 aliphatic carbocycles. The number of methoxy groups -OCH3 is 1. The third-order valence-corrected chi connectivity index (χ3v) is 3.97. The summed E-state index contributed by atoms with van der Waals surface area (Å²) in [6, 6.07) is 10.7. The van der Waals surface area contributed by atoms with Gasteiger partial charge in [-0.1, -0.05) is 33.6 Å². The zero-order valence-corrected chi connectivity index (χ0v) is 16.0. The fraction of sp³-hybridized carbons (Fsp3) is 0.211. The maximum atomic E-state index is 12.2. The number of hydrogen-bond donors (Lipinski definition) is 0. The van der Waals surface area contributed by atoms with E-state index < -0.39 is 0 Å². The third-order valence-electron chi connectivity index (χ3n) is 3.16. The molecule has 0 N–H and O–H groups in total. The predicted octanol–water partition coefficient (Wildman–Crippen LogP) is 5.79. The molecule has 0 amide bonds. The molecule has 0 aromatic heterocycles. The molecule has 126 valence electrons. The van der Waals surface area contributed by atoms with E-state index >= 15 is 0 Å². The van der Waals surface area contributed by atoms with Crippen LogP contribution >= 0.6 is 27.5 Å².